The Morgan fingerprint density at radius 3 is 2.55 bits per heavy atom. The number of rotatable bonds is 15. The number of aliphatic hydroxyl groups is 2. The van der Waals surface area contributed by atoms with E-state index in [1.54, 1.807) is 42.5 Å². The summed E-state index contributed by atoms with van der Waals surface area (Å²) < 4.78 is 39.4. The van der Waals surface area contributed by atoms with Gasteiger partial charge in [-0.25, -0.2) is 14.1 Å². The molecule has 3 heterocycles. The molecule has 0 radical (unpaired) electrons. The maximum Gasteiger partial charge on any atom is 0.459 e. The smallest absolute Gasteiger partial charge is 0.459 e. The van der Waals surface area contributed by atoms with Gasteiger partial charge in [-0.05, 0) is 49.4 Å². The number of benzene rings is 1. The van der Waals surface area contributed by atoms with Gasteiger partial charge in [0.15, 0.2) is 5.82 Å². The van der Waals surface area contributed by atoms with Crippen LogP contribution in [0.15, 0.2) is 48.8 Å². The lowest BCUT2D eigenvalue weighted by Gasteiger charge is -2.31. The van der Waals surface area contributed by atoms with Crippen molar-refractivity contribution in [2.45, 2.75) is 83.8 Å². The Labute approximate surface area is 257 Å². The van der Waals surface area contributed by atoms with Crippen molar-refractivity contribution in [3.8, 4) is 5.75 Å². The second-order valence-electron chi connectivity index (χ2n) is 11.8. The van der Waals surface area contributed by atoms with Gasteiger partial charge in [0.1, 0.15) is 47.5 Å². The van der Waals surface area contributed by atoms with Crippen LogP contribution in [0.2, 0.25) is 0 Å². The highest BCUT2D eigenvalue weighted by Crippen LogP contribution is 2.49. The number of esters is 1. The number of nitrogen functional groups attached to an aromatic ring is 1. The van der Waals surface area contributed by atoms with Crippen LogP contribution in [-0.2, 0) is 23.4 Å². The first-order chi connectivity index (χ1) is 20.9. The van der Waals surface area contributed by atoms with E-state index in [2.05, 4.69) is 15.2 Å². The van der Waals surface area contributed by atoms with Crippen LogP contribution < -0.4 is 15.3 Å². The zero-order valence-electron chi connectivity index (χ0n) is 25.8. The molecule has 1 aliphatic rings. The molecule has 0 unspecified atom stereocenters. The van der Waals surface area contributed by atoms with Crippen molar-refractivity contribution in [3.63, 3.8) is 0 Å². The Morgan fingerprint density at radius 1 is 1.18 bits per heavy atom. The van der Waals surface area contributed by atoms with E-state index in [0.29, 0.717) is 17.6 Å². The fourth-order valence-corrected chi connectivity index (χ4v) is 6.71. The summed E-state index contributed by atoms with van der Waals surface area (Å²) in [6.07, 6.45) is -0.552. The molecule has 6 atom stereocenters. The summed E-state index contributed by atoms with van der Waals surface area (Å²) in [6.45, 7) is 9.24. The maximum absolute atomic E-state index is 14.3. The quantitative estimate of drug-likeness (QED) is 0.140. The second kappa shape index (κ2) is 14.4. The first-order valence-corrected chi connectivity index (χ1v) is 16.5. The number of carbonyl (C=O) groups is 1. The lowest BCUT2D eigenvalue weighted by atomic mass is 9.97. The number of hydrogen-bond acceptors (Lipinski definition) is 11. The van der Waals surface area contributed by atoms with Gasteiger partial charge in [0.05, 0.1) is 18.9 Å². The Hall–Kier alpha value is -3.06. The normalized spacial score (nSPS) is 24.1. The average molecular weight is 634 g/mol. The van der Waals surface area contributed by atoms with E-state index in [-0.39, 0.29) is 30.0 Å². The van der Waals surface area contributed by atoms with Crippen molar-refractivity contribution in [1.29, 1.82) is 0 Å². The Kier molecular flexibility index (Phi) is 11.0. The van der Waals surface area contributed by atoms with Gasteiger partial charge >= 0.3 is 13.7 Å². The van der Waals surface area contributed by atoms with Crippen LogP contribution in [0, 0.1) is 11.8 Å². The molecule has 44 heavy (non-hydrogen) atoms. The number of ether oxygens (including phenoxy) is 2. The van der Waals surface area contributed by atoms with Crippen molar-refractivity contribution in [2.24, 2.45) is 11.8 Å². The van der Waals surface area contributed by atoms with E-state index in [1.807, 2.05) is 27.7 Å². The number of nitrogens with one attached hydrogen (secondary N) is 1. The number of aliphatic hydroxyl groups excluding tert-OH is 2. The van der Waals surface area contributed by atoms with E-state index in [9.17, 15) is 19.6 Å². The predicted molar refractivity (Wildman–Crippen MR) is 164 cm³/mol. The van der Waals surface area contributed by atoms with Gasteiger partial charge in [-0.15, -0.1) is 0 Å². The second-order valence-corrected chi connectivity index (χ2v) is 13.5. The maximum atomic E-state index is 14.3. The highest BCUT2D eigenvalue weighted by Gasteiger charge is 2.54. The Morgan fingerprint density at radius 2 is 1.89 bits per heavy atom. The topological polar surface area (TPSA) is 180 Å². The van der Waals surface area contributed by atoms with E-state index in [1.165, 1.54) is 17.8 Å². The average Bonchev–Trinajstić information content (AvgIpc) is 3.52. The first kappa shape index (κ1) is 33.8. The largest absolute Gasteiger partial charge is 0.464 e. The molecule has 0 saturated carbocycles. The third kappa shape index (κ3) is 7.77. The minimum atomic E-state index is -4.30. The molecule has 0 amide bonds. The molecule has 14 heteroatoms. The highest BCUT2D eigenvalue weighted by molar-refractivity contribution is 7.52. The Bertz CT molecular complexity index is 1440. The van der Waals surface area contributed by atoms with Crippen molar-refractivity contribution >= 4 is 25.1 Å². The third-order valence-electron chi connectivity index (χ3n) is 7.87. The number of anilines is 1. The lowest BCUT2D eigenvalue weighted by molar-refractivity contribution is -0.147. The van der Waals surface area contributed by atoms with Crippen molar-refractivity contribution < 1.29 is 38.1 Å². The fourth-order valence-electron chi connectivity index (χ4n) is 5.11. The van der Waals surface area contributed by atoms with Gasteiger partial charge in [-0.1, -0.05) is 58.7 Å². The van der Waals surface area contributed by atoms with Crippen LogP contribution >= 0.6 is 7.75 Å². The van der Waals surface area contributed by atoms with E-state index in [0.717, 1.165) is 12.8 Å². The van der Waals surface area contributed by atoms with Crippen LogP contribution in [0.25, 0.3) is 5.52 Å². The number of aromatic nitrogens is 3. The summed E-state index contributed by atoms with van der Waals surface area (Å²) in [5.74, 6) is 0.172. The molecule has 0 aliphatic carbocycles. The zero-order chi connectivity index (χ0) is 32.1. The molecule has 0 spiro atoms. The van der Waals surface area contributed by atoms with Crippen LogP contribution in [0.4, 0.5) is 5.82 Å². The van der Waals surface area contributed by atoms with Crippen LogP contribution in [0.5, 0.6) is 5.75 Å². The van der Waals surface area contributed by atoms with E-state index >= 15 is 0 Å². The van der Waals surface area contributed by atoms with Gasteiger partial charge < -0.3 is 29.9 Å². The number of carbonyl (C=O) groups excluding carboxylic acids is 1. The van der Waals surface area contributed by atoms with Gasteiger partial charge in [-0.3, -0.25) is 9.32 Å². The third-order valence-corrected chi connectivity index (χ3v) is 9.42. The van der Waals surface area contributed by atoms with Gasteiger partial charge in [-0.2, -0.15) is 10.2 Å². The number of para-hydroxylation sites is 1. The summed E-state index contributed by atoms with van der Waals surface area (Å²) in [4.78, 5) is 17.2. The molecule has 13 nitrogen and oxygen atoms in total. The molecule has 242 valence electrons. The first-order valence-electron chi connectivity index (χ1n) is 14.9. The number of nitrogens with zero attached hydrogens (tertiary/aromatic N) is 3. The zero-order valence-corrected chi connectivity index (χ0v) is 26.7. The number of fused-ring (bicyclic) bond motifs is 1. The summed E-state index contributed by atoms with van der Waals surface area (Å²) in [5, 5.41) is 29.1. The molecule has 4 rings (SSSR count). The number of hydrogen-bond donors (Lipinski definition) is 4. The molecular formula is C30H44N5O8P. The van der Waals surface area contributed by atoms with Crippen LogP contribution in [0.3, 0.4) is 0 Å². The summed E-state index contributed by atoms with van der Waals surface area (Å²) >= 11 is 0. The van der Waals surface area contributed by atoms with Gasteiger partial charge in [0.2, 0.25) is 0 Å². The molecule has 3 aromatic rings. The van der Waals surface area contributed by atoms with Gasteiger partial charge in [0.25, 0.3) is 0 Å². The summed E-state index contributed by atoms with van der Waals surface area (Å²) in [5.41, 5.74) is 5.36. The molecule has 0 bridgehead atoms. The highest BCUT2D eigenvalue weighted by atomic mass is 31.2. The summed E-state index contributed by atoms with van der Waals surface area (Å²) in [7, 11) is -4.30. The molecule has 5 N–H and O–H groups in total. The van der Waals surface area contributed by atoms with Crippen molar-refractivity contribution in [3.05, 3.63) is 54.5 Å². The Balaban J connectivity index is 1.57. The fraction of sp³-hybridized carbons (Fsp3) is 0.567. The molecule has 1 saturated heterocycles. The van der Waals surface area contributed by atoms with E-state index in [4.69, 9.17) is 24.3 Å². The van der Waals surface area contributed by atoms with Crippen LogP contribution in [-0.4, -0.2) is 67.8 Å². The van der Waals surface area contributed by atoms with Gasteiger partial charge in [0, 0.05) is 0 Å². The molecule has 1 fully saturated rings. The number of nitrogens with two attached hydrogens (primary N) is 1. The predicted octanol–water partition coefficient (Wildman–Crippen LogP) is 4.05. The molecule has 2 aromatic heterocycles. The van der Waals surface area contributed by atoms with Crippen molar-refractivity contribution in [1.82, 2.24) is 19.7 Å². The van der Waals surface area contributed by atoms with Crippen molar-refractivity contribution in [2.75, 3.05) is 18.9 Å². The standard InChI is InChI=1S/C30H44N5O8P/c1-6-20(7-2)16-40-29(38)22(15-19(3)4)34-44(39,43-21-11-9-8-10-12-21)41-17-30(5)27(37)25(36)26(42-30)23-13-14-24-28(31)32-18-33-35(23)24/h8-14,18-20,22,25-27,36-37H,6-7,15-17H2,1-5H3,(H,34,39)(H2,31,32,33)/t22-,25-,26-,27-,30+,44-/m0/s1. The molecular weight excluding hydrogens is 589 g/mol. The van der Waals surface area contributed by atoms with Crippen LogP contribution in [0.1, 0.15) is 65.7 Å². The summed E-state index contributed by atoms with van der Waals surface area (Å²) in [6, 6.07) is 10.8. The SMILES string of the molecule is CCC(CC)COC(=O)[C@H](CC(C)C)N[P@](=O)(OC[C@@]1(C)O[C@@H](c2ccc3c(N)ncnn23)[C@H](O)[C@@H]1O)Oc1ccccc1. The molecule has 1 aromatic carbocycles. The minimum Gasteiger partial charge on any atom is -0.464 e. The monoisotopic (exact) mass is 633 g/mol. The molecule has 1 aliphatic heterocycles. The minimum absolute atomic E-state index is 0.0431. The van der Waals surface area contributed by atoms with E-state index < -0.39 is 50.3 Å². The lowest BCUT2D eigenvalue weighted by Crippen LogP contribution is -2.45.